The molecule has 0 spiro atoms. The molecule has 1 rings (SSSR count). The van der Waals surface area contributed by atoms with Crippen molar-refractivity contribution in [1.82, 2.24) is 4.98 Å². The first-order chi connectivity index (χ1) is 8.54. The molecule has 4 heteroatoms. The Kier molecular flexibility index (Phi) is 6.09. The predicted octanol–water partition coefficient (Wildman–Crippen LogP) is 2.21. The molecule has 1 aromatic rings. The standard InChI is InChI=1S/C14H25N3O/c1-11(2)10-17(7-8-18-4)14-6-5-13(9-16-14)12(3)15/h5-6,9,11-12H,7-8,10,15H2,1-4H3. The molecule has 0 aliphatic rings. The zero-order chi connectivity index (χ0) is 13.5. The Morgan fingerprint density at radius 2 is 2.06 bits per heavy atom. The molecule has 0 aromatic carbocycles. The number of pyridine rings is 1. The lowest BCUT2D eigenvalue weighted by Crippen LogP contribution is -2.31. The molecule has 0 saturated heterocycles. The molecule has 0 bridgehead atoms. The smallest absolute Gasteiger partial charge is 0.128 e. The maximum absolute atomic E-state index is 5.83. The molecule has 0 aliphatic carbocycles. The third kappa shape index (κ3) is 4.63. The van der Waals surface area contributed by atoms with E-state index in [1.165, 1.54) is 0 Å². The van der Waals surface area contributed by atoms with E-state index in [1.807, 2.05) is 25.3 Å². The highest BCUT2D eigenvalue weighted by Crippen LogP contribution is 2.15. The van der Waals surface area contributed by atoms with E-state index in [0.717, 1.165) is 24.5 Å². The minimum absolute atomic E-state index is 0.0315. The first-order valence-corrected chi connectivity index (χ1v) is 6.50. The number of anilines is 1. The fourth-order valence-corrected chi connectivity index (χ4v) is 1.80. The van der Waals surface area contributed by atoms with E-state index in [2.05, 4.69) is 23.7 Å². The van der Waals surface area contributed by atoms with Gasteiger partial charge in [-0.1, -0.05) is 19.9 Å². The minimum Gasteiger partial charge on any atom is -0.383 e. The molecule has 102 valence electrons. The average Bonchev–Trinajstić information content (AvgIpc) is 2.34. The van der Waals surface area contributed by atoms with Crippen molar-refractivity contribution in [2.24, 2.45) is 11.7 Å². The second-order valence-electron chi connectivity index (χ2n) is 5.07. The first-order valence-electron chi connectivity index (χ1n) is 6.50. The van der Waals surface area contributed by atoms with Crippen molar-refractivity contribution in [3.63, 3.8) is 0 Å². The number of nitrogens with zero attached hydrogens (tertiary/aromatic N) is 2. The fraction of sp³-hybridized carbons (Fsp3) is 0.643. The largest absolute Gasteiger partial charge is 0.383 e. The predicted molar refractivity (Wildman–Crippen MR) is 75.8 cm³/mol. The van der Waals surface area contributed by atoms with Gasteiger partial charge in [-0.15, -0.1) is 0 Å². The van der Waals surface area contributed by atoms with Gasteiger partial charge in [0, 0.05) is 32.4 Å². The summed E-state index contributed by atoms with van der Waals surface area (Å²) in [5.74, 6) is 1.59. The molecule has 0 fully saturated rings. The highest BCUT2D eigenvalue weighted by atomic mass is 16.5. The van der Waals surface area contributed by atoms with E-state index in [1.54, 1.807) is 7.11 Å². The Morgan fingerprint density at radius 1 is 1.33 bits per heavy atom. The van der Waals surface area contributed by atoms with Crippen LogP contribution in [0.3, 0.4) is 0 Å². The normalized spacial score (nSPS) is 12.8. The maximum Gasteiger partial charge on any atom is 0.128 e. The number of aromatic nitrogens is 1. The molecule has 1 unspecified atom stereocenters. The summed E-state index contributed by atoms with van der Waals surface area (Å²) >= 11 is 0. The lowest BCUT2D eigenvalue weighted by Gasteiger charge is -2.25. The molecular formula is C14H25N3O. The van der Waals surface area contributed by atoms with Crippen LogP contribution < -0.4 is 10.6 Å². The third-order valence-corrected chi connectivity index (χ3v) is 2.77. The van der Waals surface area contributed by atoms with Crippen molar-refractivity contribution in [2.45, 2.75) is 26.8 Å². The molecular weight excluding hydrogens is 226 g/mol. The number of methoxy groups -OCH3 is 1. The van der Waals surface area contributed by atoms with E-state index >= 15 is 0 Å². The van der Waals surface area contributed by atoms with Crippen LogP contribution in [-0.2, 0) is 4.74 Å². The summed E-state index contributed by atoms with van der Waals surface area (Å²) in [5, 5.41) is 0. The lowest BCUT2D eigenvalue weighted by atomic mass is 10.1. The lowest BCUT2D eigenvalue weighted by molar-refractivity contribution is 0.204. The van der Waals surface area contributed by atoms with Crippen LogP contribution in [0.1, 0.15) is 32.4 Å². The third-order valence-electron chi connectivity index (χ3n) is 2.77. The van der Waals surface area contributed by atoms with Crippen LogP contribution in [0.25, 0.3) is 0 Å². The van der Waals surface area contributed by atoms with Crippen LogP contribution in [0, 0.1) is 5.92 Å². The van der Waals surface area contributed by atoms with Crippen LogP contribution in [0.2, 0.25) is 0 Å². The van der Waals surface area contributed by atoms with E-state index in [0.29, 0.717) is 12.5 Å². The molecule has 0 saturated carbocycles. The number of rotatable bonds is 7. The highest BCUT2D eigenvalue weighted by molar-refractivity contribution is 5.39. The van der Waals surface area contributed by atoms with Crippen LogP contribution in [0.15, 0.2) is 18.3 Å². The molecule has 0 aliphatic heterocycles. The van der Waals surface area contributed by atoms with Crippen molar-refractivity contribution < 1.29 is 4.74 Å². The quantitative estimate of drug-likeness (QED) is 0.807. The second kappa shape index (κ2) is 7.34. The molecule has 1 atom stereocenters. The Balaban J connectivity index is 2.77. The summed E-state index contributed by atoms with van der Waals surface area (Å²) in [4.78, 5) is 6.75. The zero-order valence-electron chi connectivity index (χ0n) is 11.9. The molecule has 18 heavy (non-hydrogen) atoms. The summed E-state index contributed by atoms with van der Waals surface area (Å²) in [6.45, 7) is 8.93. The Hall–Kier alpha value is -1.13. The fourth-order valence-electron chi connectivity index (χ4n) is 1.80. The van der Waals surface area contributed by atoms with Gasteiger partial charge in [0.05, 0.1) is 6.61 Å². The van der Waals surface area contributed by atoms with Gasteiger partial charge in [0.25, 0.3) is 0 Å². The topological polar surface area (TPSA) is 51.4 Å². The van der Waals surface area contributed by atoms with Crippen molar-refractivity contribution in [3.05, 3.63) is 23.9 Å². The summed E-state index contributed by atoms with van der Waals surface area (Å²) in [6.07, 6.45) is 1.86. The van der Waals surface area contributed by atoms with Crippen molar-refractivity contribution in [2.75, 3.05) is 31.7 Å². The molecule has 4 nitrogen and oxygen atoms in total. The zero-order valence-corrected chi connectivity index (χ0v) is 11.9. The first kappa shape index (κ1) is 14.9. The minimum atomic E-state index is 0.0315. The number of nitrogens with two attached hydrogens (primary N) is 1. The van der Waals surface area contributed by atoms with Crippen LogP contribution in [-0.4, -0.2) is 31.8 Å². The van der Waals surface area contributed by atoms with Crippen molar-refractivity contribution in [3.8, 4) is 0 Å². The Labute approximate surface area is 110 Å². The van der Waals surface area contributed by atoms with Gasteiger partial charge in [-0.25, -0.2) is 4.98 Å². The SMILES string of the molecule is COCCN(CC(C)C)c1ccc(C(C)N)cn1. The summed E-state index contributed by atoms with van der Waals surface area (Å²) in [6, 6.07) is 4.12. The molecule has 2 N–H and O–H groups in total. The maximum atomic E-state index is 5.83. The van der Waals surface area contributed by atoms with Gasteiger partial charge in [0.2, 0.25) is 0 Å². The Bertz CT molecular complexity index is 335. The van der Waals surface area contributed by atoms with Crippen molar-refractivity contribution >= 4 is 5.82 Å². The van der Waals surface area contributed by atoms with Crippen LogP contribution in [0.4, 0.5) is 5.82 Å². The molecule has 1 heterocycles. The van der Waals surface area contributed by atoms with E-state index in [-0.39, 0.29) is 6.04 Å². The van der Waals surface area contributed by atoms with Crippen LogP contribution >= 0.6 is 0 Å². The van der Waals surface area contributed by atoms with Crippen LogP contribution in [0.5, 0.6) is 0 Å². The highest BCUT2D eigenvalue weighted by Gasteiger charge is 2.10. The Morgan fingerprint density at radius 3 is 2.50 bits per heavy atom. The molecule has 1 aromatic heterocycles. The van der Waals surface area contributed by atoms with Gasteiger partial charge in [0.1, 0.15) is 5.82 Å². The van der Waals surface area contributed by atoms with Gasteiger partial charge >= 0.3 is 0 Å². The van der Waals surface area contributed by atoms with E-state index in [4.69, 9.17) is 10.5 Å². The number of ether oxygens (including phenoxy) is 1. The van der Waals surface area contributed by atoms with Gasteiger partial charge < -0.3 is 15.4 Å². The van der Waals surface area contributed by atoms with E-state index in [9.17, 15) is 0 Å². The summed E-state index contributed by atoms with van der Waals surface area (Å²) < 4.78 is 5.15. The van der Waals surface area contributed by atoms with E-state index < -0.39 is 0 Å². The number of hydrogen-bond acceptors (Lipinski definition) is 4. The number of hydrogen-bond donors (Lipinski definition) is 1. The van der Waals surface area contributed by atoms with Gasteiger partial charge in [-0.05, 0) is 24.5 Å². The van der Waals surface area contributed by atoms with Gasteiger partial charge in [-0.3, -0.25) is 0 Å². The molecule has 0 radical (unpaired) electrons. The van der Waals surface area contributed by atoms with Gasteiger partial charge in [0.15, 0.2) is 0 Å². The van der Waals surface area contributed by atoms with Gasteiger partial charge in [-0.2, -0.15) is 0 Å². The summed E-state index contributed by atoms with van der Waals surface area (Å²) in [7, 11) is 1.72. The summed E-state index contributed by atoms with van der Waals surface area (Å²) in [5.41, 5.74) is 6.89. The monoisotopic (exact) mass is 251 g/mol. The second-order valence-corrected chi connectivity index (χ2v) is 5.07. The van der Waals surface area contributed by atoms with Crippen molar-refractivity contribution in [1.29, 1.82) is 0 Å². The molecule has 0 amide bonds. The average molecular weight is 251 g/mol.